The van der Waals surface area contributed by atoms with Crippen LogP contribution in [0.1, 0.15) is 17.3 Å². The summed E-state index contributed by atoms with van der Waals surface area (Å²) in [5.41, 5.74) is 1.78. The molecule has 8 heteroatoms. The number of pyridine rings is 1. The number of carbonyl (C=O) groups excluding carboxylic acids is 2. The lowest BCUT2D eigenvalue weighted by Gasteiger charge is -2.09. The van der Waals surface area contributed by atoms with E-state index < -0.39 is 11.9 Å². The molecule has 1 amide bonds. The molecule has 0 aliphatic rings. The predicted molar refractivity (Wildman–Crippen MR) is 103 cm³/mol. The highest BCUT2D eigenvalue weighted by Crippen LogP contribution is 2.13. The summed E-state index contributed by atoms with van der Waals surface area (Å²) >= 11 is 0. The predicted octanol–water partition coefficient (Wildman–Crippen LogP) is 2.12. The molecule has 0 aliphatic carbocycles. The minimum atomic E-state index is -0.427. The number of rotatable bonds is 6. The summed E-state index contributed by atoms with van der Waals surface area (Å²) in [5, 5.41) is 6.90. The van der Waals surface area contributed by atoms with Gasteiger partial charge in [0.05, 0.1) is 17.9 Å². The van der Waals surface area contributed by atoms with Crippen LogP contribution in [0.2, 0.25) is 0 Å². The molecule has 1 N–H and O–H groups in total. The van der Waals surface area contributed by atoms with Crippen LogP contribution in [-0.4, -0.2) is 33.2 Å². The second kappa shape index (κ2) is 8.72. The minimum absolute atomic E-state index is 0.243. The van der Waals surface area contributed by atoms with E-state index in [-0.39, 0.29) is 18.7 Å². The summed E-state index contributed by atoms with van der Waals surface area (Å²) in [6.07, 6.45) is 3.27. The molecule has 0 saturated carbocycles. The molecule has 1 aromatic carbocycles. The highest BCUT2D eigenvalue weighted by Gasteiger charge is 2.10. The van der Waals surface area contributed by atoms with Crippen molar-refractivity contribution >= 4 is 17.6 Å². The average Bonchev–Trinajstić information content (AvgIpc) is 2.71. The van der Waals surface area contributed by atoms with Gasteiger partial charge in [-0.15, -0.1) is 0 Å². The number of aromatic nitrogens is 3. The zero-order valence-corrected chi connectivity index (χ0v) is 15.2. The van der Waals surface area contributed by atoms with Crippen LogP contribution >= 0.6 is 0 Å². The molecule has 0 radical (unpaired) electrons. The largest absolute Gasteiger partial charge is 0.462 e. The first-order valence-electron chi connectivity index (χ1n) is 8.62. The van der Waals surface area contributed by atoms with Crippen molar-refractivity contribution in [2.45, 2.75) is 13.5 Å². The molecule has 0 bridgehead atoms. The number of carbonyl (C=O) groups is 2. The topological polar surface area (TPSA) is 103 Å². The molecule has 3 rings (SSSR count). The van der Waals surface area contributed by atoms with Gasteiger partial charge in [-0.3, -0.25) is 14.6 Å². The molecule has 0 atom stereocenters. The lowest BCUT2D eigenvalue weighted by Crippen LogP contribution is -2.29. The first kappa shape index (κ1) is 19.0. The molecule has 2 aromatic heterocycles. The van der Waals surface area contributed by atoms with E-state index in [1.54, 1.807) is 55.7 Å². The fourth-order valence-corrected chi connectivity index (χ4v) is 2.47. The van der Waals surface area contributed by atoms with E-state index in [9.17, 15) is 14.4 Å². The van der Waals surface area contributed by atoms with Crippen LogP contribution in [-0.2, 0) is 16.1 Å². The Hall–Kier alpha value is -3.81. The summed E-state index contributed by atoms with van der Waals surface area (Å²) in [5.74, 6) is -0.842. The fourth-order valence-electron chi connectivity index (χ4n) is 2.47. The Morgan fingerprint density at radius 3 is 2.57 bits per heavy atom. The standard InChI is InChI=1S/C20H18N4O4/c1-2-28-20(27)14-5-7-16(8-6-14)22-18(25)13-24-19(26)10-9-17(23-24)15-4-3-11-21-12-15/h3-12H,2,13H2,1H3,(H,22,25). The third-order valence-corrected chi connectivity index (χ3v) is 3.80. The van der Waals surface area contributed by atoms with Gasteiger partial charge in [0, 0.05) is 29.7 Å². The van der Waals surface area contributed by atoms with E-state index in [0.29, 0.717) is 16.9 Å². The number of hydrogen-bond donors (Lipinski definition) is 1. The molecule has 3 aromatic rings. The Morgan fingerprint density at radius 1 is 1.11 bits per heavy atom. The van der Waals surface area contributed by atoms with E-state index in [1.807, 2.05) is 6.07 Å². The molecular weight excluding hydrogens is 360 g/mol. The highest BCUT2D eigenvalue weighted by molar-refractivity contribution is 5.93. The fraction of sp³-hybridized carbons (Fsp3) is 0.150. The summed E-state index contributed by atoms with van der Waals surface area (Å²) < 4.78 is 6.00. The van der Waals surface area contributed by atoms with Crippen molar-refractivity contribution in [3.05, 3.63) is 76.8 Å². The van der Waals surface area contributed by atoms with Crippen molar-refractivity contribution in [3.63, 3.8) is 0 Å². The van der Waals surface area contributed by atoms with E-state index in [2.05, 4.69) is 15.4 Å². The van der Waals surface area contributed by atoms with E-state index in [4.69, 9.17) is 4.74 Å². The number of anilines is 1. The van der Waals surface area contributed by atoms with Gasteiger partial charge in [-0.05, 0) is 49.4 Å². The number of nitrogens with zero attached hydrogens (tertiary/aromatic N) is 3. The van der Waals surface area contributed by atoms with Crippen molar-refractivity contribution in [1.29, 1.82) is 0 Å². The highest BCUT2D eigenvalue weighted by atomic mass is 16.5. The normalized spacial score (nSPS) is 10.3. The molecule has 2 heterocycles. The third kappa shape index (κ3) is 4.67. The lowest BCUT2D eigenvalue weighted by molar-refractivity contribution is -0.117. The van der Waals surface area contributed by atoms with Gasteiger partial charge in [0.2, 0.25) is 5.91 Å². The molecule has 8 nitrogen and oxygen atoms in total. The number of benzene rings is 1. The van der Waals surface area contributed by atoms with E-state index in [1.165, 1.54) is 6.07 Å². The van der Waals surface area contributed by atoms with Gasteiger partial charge in [0.25, 0.3) is 5.56 Å². The van der Waals surface area contributed by atoms with Crippen LogP contribution in [0.5, 0.6) is 0 Å². The Bertz CT molecular complexity index is 1030. The van der Waals surface area contributed by atoms with E-state index in [0.717, 1.165) is 10.2 Å². The van der Waals surface area contributed by atoms with Crippen LogP contribution < -0.4 is 10.9 Å². The molecule has 28 heavy (non-hydrogen) atoms. The van der Waals surface area contributed by atoms with Gasteiger partial charge in [0.15, 0.2) is 0 Å². The maximum atomic E-state index is 12.3. The number of amides is 1. The lowest BCUT2D eigenvalue weighted by atomic mass is 10.2. The molecule has 0 fully saturated rings. The van der Waals surface area contributed by atoms with Gasteiger partial charge in [-0.25, -0.2) is 9.48 Å². The molecule has 0 aliphatic heterocycles. The molecular formula is C20H18N4O4. The van der Waals surface area contributed by atoms with Crippen molar-refractivity contribution in [2.75, 3.05) is 11.9 Å². The van der Waals surface area contributed by atoms with Crippen LogP contribution in [0.15, 0.2) is 65.7 Å². The number of nitrogens with one attached hydrogen (secondary N) is 1. The van der Waals surface area contributed by atoms with Crippen molar-refractivity contribution in [3.8, 4) is 11.3 Å². The average molecular weight is 378 g/mol. The Morgan fingerprint density at radius 2 is 1.89 bits per heavy atom. The van der Waals surface area contributed by atoms with Gasteiger partial charge in [-0.2, -0.15) is 5.10 Å². The molecule has 0 spiro atoms. The molecule has 142 valence electrons. The quantitative estimate of drug-likeness (QED) is 0.659. The van der Waals surface area contributed by atoms with Crippen molar-refractivity contribution in [2.24, 2.45) is 0 Å². The summed E-state index contributed by atoms with van der Waals surface area (Å²) in [7, 11) is 0. The maximum absolute atomic E-state index is 12.3. The van der Waals surface area contributed by atoms with Gasteiger partial charge in [0.1, 0.15) is 6.54 Å². The SMILES string of the molecule is CCOC(=O)c1ccc(NC(=O)Cn2nc(-c3cccnc3)ccc2=O)cc1. The van der Waals surface area contributed by atoms with Gasteiger partial charge in [-0.1, -0.05) is 0 Å². The summed E-state index contributed by atoms with van der Waals surface area (Å²) in [6, 6.07) is 12.8. The van der Waals surface area contributed by atoms with Crippen molar-refractivity contribution < 1.29 is 14.3 Å². The van der Waals surface area contributed by atoms with Crippen LogP contribution in [0.3, 0.4) is 0 Å². The van der Waals surface area contributed by atoms with Crippen LogP contribution in [0.4, 0.5) is 5.69 Å². The Labute approximate surface area is 160 Å². The molecule has 0 unspecified atom stereocenters. The monoisotopic (exact) mass is 378 g/mol. The first-order chi connectivity index (χ1) is 13.6. The smallest absolute Gasteiger partial charge is 0.338 e. The van der Waals surface area contributed by atoms with E-state index >= 15 is 0 Å². The number of ether oxygens (including phenoxy) is 1. The zero-order chi connectivity index (χ0) is 19.9. The third-order valence-electron chi connectivity index (χ3n) is 3.80. The number of hydrogen-bond acceptors (Lipinski definition) is 6. The Balaban J connectivity index is 1.69. The van der Waals surface area contributed by atoms with Crippen LogP contribution in [0, 0.1) is 0 Å². The Kier molecular flexibility index (Phi) is 5.91. The second-order valence-corrected chi connectivity index (χ2v) is 5.80. The van der Waals surface area contributed by atoms with Gasteiger partial charge < -0.3 is 10.1 Å². The number of esters is 1. The zero-order valence-electron chi connectivity index (χ0n) is 15.2. The van der Waals surface area contributed by atoms with Crippen LogP contribution in [0.25, 0.3) is 11.3 Å². The first-order valence-corrected chi connectivity index (χ1v) is 8.62. The van der Waals surface area contributed by atoms with Crippen molar-refractivity contribution in [1.82, 2.24) is 14.8 Å². The molecule has 0 saturated heterocycles. The minimum Gasteiger partial charge on any atom is -0.462 e. The summed E-state index contributed by atoms with van der Waals surface area (Å²) in [4.78, 5) is 40.0. The second-order valence-electron chi connectivity index (χ2n) is 5.80. The summed E-state index contributed by atoms with van der Waals surface area (Å²) in [6.45, 7) is 1.77. The maximum Gasteiger partial charge on any atom is 0.338 e. The van der Waals surface area contributed by atoms with Gasteiger partial charge >= 0.3 is 5.97 Å².